The smallest absolute Gasteiger partial charge is 0.144 e. The summed E-state index contributed by atoms with van der Waals surface area (Å²) in [5.41, 5.74) is -0.198. The van der Waals surface area contributed by atoms with Crippen LogP contribution in [-0.2, 0) is 4.74 Å². The molecule has 0 spiro atoms. The lowest BCUT2D eigenvalue weighted by Crippen LogP contribution is -2.25. The second-order valence-electron chi connectivity index (χ2n) is 3.26. The fourth-order valence-corrected chi connectivity index (χ4v) is 0.628. The first-order valence-corrected chi connectivity index (χ1v) is 3.57. The third-order valence-corrected chi connectivity index (χ3v) is 1.01. The van der Waals surface area contributed by atoms with Crippen LogP contribution in [0.5, 0.6) is 0 Å². The summed E-state index contributed by atoms with van der Waals surface area (Å²) in [6, 6.07) is 2.09. The molecule has 0 amide bonds. The van der Waals surface area contributed by atoms with E-state index in [1.807, 2.05) is 27.7 Å². The topological polar surface area (TPSA) is 33.0 Å². The molecular weight excluding hydrogens is 126 g/mol. The van der Waals surface area contributed by atoms with Gasteiger partial charge in [0.25, 0.3) is 0 Å². The molecule has 0 rings (SSSR count). The minimum absolute atomic E-state index is 0.198. The van der Waals surface area contributed by atoms with Crippen molar-refractivity contribution in [3.8, 4) is 6.07 Å². The van der Waals surface area contributed by atoms with Gasteiger partial charge in [-0.2, -0.15) is 5.26 Å². The summed E-state index contributed by atoms with van der Waals surface area (Å²) >= 11 is 0. The highest BCUT2D eigenvalue weighted by Gasteiger charge is 2.15. The van der Waals surface area contributed by atoms with E-state index in [2.05, 4.69) is 6.07 Å². The lowest BCUT2D eigenvalue weighted by atomic mass is 10.2. The van der Waals surface area contributed by atoms with E-state index in [-0.39, 0.29) is 11.7 Å². The fraction of sp³-hybridized carbons (Fsp3) is 0.875. The van der Waals surface area contributed by atoms with E-state index < -0.39 is 0 Å². The van der Waals surface area contributed by atoms with Gasteiger partial charge in [0.1, 0.15) is 6.10 Å². The molecule has 2 heteroatoms. The van der Waals surface area contributed by atoms with Crippen molar-refractivity contribution in [3.05, 3.63) is 0 Å². The Bertz CT molecular complexity index is 129. The van der Waals surface area contributed by atoms with Gasteiger partial charge in [0.05, 0.1) is 11.7 Å². The monoisotopic (exact) mass is 141 g/mol. The third kappa shape index (κ3) is 4.34. The van der Waals surface area contributed by atoms with Crippen LogP contribution < -0.4 is 0 Å². The first kappa shape index (κ1) is 9.45. The summed E-state index contributed by atoms with van der Waals surface area (Å²) in [5, 5.41) is 8.51. The molecule has 0 aliphatic rings. The van der Waals surface area contributed by atoms with E-state index in [0.717, 1.165) is 6.42 Å². The molecule has 0 radical (unpaired) electrons. The van der Waals surface area contributed by atoms with E-state index in [9.17, 15) is 0 Å². The van der Waals surface area contributed by atoms with Crippen molar-refractivity contribution in [2.24, 2.45) is 0 Å². The van der Waals surface area contributed by atoms with Crippen molar-refractivity contribution in [3.63, 3.8) is 0 Å². The Morgan fingerprint density at radius 3 is 2.10 bits per heavy atom. The maximum absolute atomic E-state index is 8.51. The molecule has 0 saturated carbocycles. The summed E-state index contributed by atoms with van der Waals surface area (Å²) in [4.78, 5) is 0. The van der Waals surface area contributed by atoms with Crippen molar-refractivity contribution in [2.45, 2.75) is 45.8 Å². The number of hydrogen-bond donors (Lipinski definition) is 0. The van der Waals surface area contributed by atoms with E-state index in [1.54, 1.807) is 0 Å². The molecule has 0 heterocycles. The van der Waals surface area contributed by atoms with Gasteiger partial charge in [-0.05, 0) is 27.2 Å². The Morgan fingerprint density at radius 1 is 1.50 bits per heavy atom. The molecule has 1 unspecified atom stereocenters. The van der Waals surface area contributed by atoms with Gasteiger partial charge in [-0.1, -0.05) is 6.92 Å². The molecule has 0 N–H and O–H groups in total. The lowest BCUT2D eigenvalue weighted by molar-refractivity contribution is -0.0356. The van der Waals surface area contributed by atoms with Crippen molar-refractivity contribution >= 4 is 0 Å². The maximum Gasteiger partial charge on any atom is 0.144 e. The summed E-state index contributed by atoms with van der Waals surface area (Å²) in [5.74, 6) is 0. The summed E-state index contributed by atoms with van der Waals surface area (Å²) in [6.07, 6.45) is 0.508. The number of hydrogen-bond acceptors (Lipinski definition) is 2. The number of nitrogens with zero attached hydrogens (tertiary/aromatic N) is 1. The van der Waals surface area contributed by atoms with Crippen LogP contribution >= 0.6 is 0 Å². The zero-order chi connectivity index (χ0) is 8.20. The van der Waals surface area contributed by atoms with Crippen molar-refractivity contribution in [1.29, 1.82) is 5.26 Å². The zero-order valence-corrected chi connectivity index (χ0v) is 7.14. The van der Waals surface area contributed by atoms with Crippen LogP contribution in [0, 0.1) is 11.3 Å². The Balaban J connectivity index is 3.78. The molecule has 0 aliphatic carbocycles. The quantitative estimate of drug-likeness (QED) is 0.590. The number of rotatable bonds is 2. The second kappa shape index (κ2) is 3.58. The average molecular weight is 141 g/mol. The molecular formula is C8H15NO. The molecule has 0 saturated heterocycles. The summed E-state index contributed by atoms with van der Waals surface area (Å²) < 4.78 is 5.38. The largest absolute Gasteiger partial charge is 0.358 e. The molecule has 0 aromatic heterocycles. The Kier molecular flexibility index (Phi) is 3.38. The molecule has 0 aromatic carbocycles. The highest BCUT2D eigenvalue weighted by atomic mass is 16.5. The molecule has 2 nitrogen and oxygen atoms in total. The van der Waals surface area contributed by atoms with Gasteiger partial charge in [0.2, 0.25) is 0 Å². The molecule has 58 valence electrons. The summed E-state index contributed by atoms with van der Waals surface area (Å²) in [6.45, 7) is 7.80. The predicted octanol–water partition coefficient (Wildman–Crippen LogP) is 2.10. The average Bonchev–Trinajstić information content (AvgIpc) is 1.81. The van der Waals surface area contributed by atoms with E-state index in [4.69, 9.17) is 10.00 Å². The SMILES string of the molecule is CCC(C#N)OC(C)(C)C. The van der Waals surface area contributed by atoms with Crippen LogP contribution in [0.15, 0.2) is 0 Å². The van der Waals surface area contributed by atoms with Gasteiger partial charge in [0.15, 0.2) is 0 Å². The number of ether oxygens (including phenoxy) is 1. The zero-order valence-electron chi connectivity index (χ0n) is 7.14. The minimum Gasteiger partial charge on any atom is -0.358 e. The fourth-order valence-electron chi connectivity index (χ4n) is 0.628. The molecule has 10 heavy (non-hydrogen) atoms. The van der Waals surface area contributed by atoms with Crippen molar-refractivity contribution in [2.75, 3.05) is 0 Å². The third-order valence-electron chi connectivity index (χ3n) is 1.01. The van der Waals surface area contributed by atoms with Crippen LogP contribution in [0.1, 0.15) is 34.1 Å². The highest BCUT2D eigenvalue weighted by Crippen LogP contribution is 2.11. The Morgan fingerprint density at radius 2 is 2.00 bits per heavy atom. The Labute approximate surface area is 62.8 Å². The lowest BCUT2D eigenvalue weighted by Gasteiger charge is -2.22. The normalized spacial score (nSPS) is 14.3. The van der Waals surface area contributed by atoms with Crippen molar-refractivity contribution in [1.82, 2.24) is 0 Å². The van der Waals surface area contributed by atoms with E-state index >= 15 is 0 Å². The first-order valence-electron chi connectivity index (χ1n) is 3.57. The molecule has 0 bridgehead atoms. The first-order chi connectivity index (χ1) is 4.49. The second-order valence-corrected chi connectivity index (χ2v) is 3.26. The van der Waals surface area contributed by atoms with Gasteiger partial charge >= 0.3 is 0 Å². The van der Waals surface area contributed by atoms with Crippen LogP contribution in [0.25, 0.3) is 0 Å². The summed E-state index contributed by atoms with van der Waals surface area (Å²) in [7, 11) is 0. The number of nitriles is 1. The standard InChI is InChI=1S/C8H15NO/c1-5-7(6-9)10-8(2,3)4/h7H,5H2,1-4H3. The van der Waals surface area contributed by atoms with Gasteiger partial charge in [-0.3, -0.25) is 0 Å². The van der Waals surface area contributed by atoms with Gasteiger partial charge in [-0.15, -0.1) is 0 Å². The molecule has 0 fully saturated rings. The Hall–Kier alpha value is -0.550. The van der Waals surface area contributed by atoms with Gasteiger partial charge in [-0.25, -0.2) is 0 Å². The highest BCUT2D eigenvalue weighted by molar-refractivity contribution is 4.84. The van der Waals surface area contributed by atoms with E-state index in [1.165, 1.54) is 0 Å². The maximum atomic E-state index is 8.51. The molecule has 0 aromatic rings. The molecule has 0 aliphatic heterocycles. The van der Waals surface area contributed by atoms with Gasteiger partial charge < -0.3 is 4.74 Å². The van der Waals surface area contributed by atoms with E-state index in [0.29, 0.717) is 0 Å². The van der Waals surface area contributed by atoms with Crippen LogP contribution in [0.4, 0.5) is 0 Å². The van der Waals surface area contributed by atoms with Crippen molar-refractivity contribution < 1.29 is 4.74 Å². The van der Waals surface area contributed by atoms with Gasteiger partial charge in [0, 0.05) is 0 Å². The minimum atomic E-state index is -0.250. The van der Waals surface area contributed by atoms with Crippen LogP contribution in [0.3, 0.4) is 0 Å². The van der Waals surface area contributed by atoms with Crippen LogP contribution in [0.2, 0.25) is 0 Å². The van der Waals surface area contributed by atoms with Crippen LogP contribution in [-0.4, -0.2) is 11.7 Å². The predicted molar refractivity (Wildman–Crippen MR) is 40.5 cm³/mol. The molecule has 1 atom stereocenters.